The van der Waals surface area contributed by atoms with Crippen molar-refractivity contribution in [3.63, 3.8) is 0 Å². The van der Waals surface area contributed by atoms with Crippen LogP contribution >= 0.6 is 11.6 Å². The summed E-state index contributed by atoms with van der Waals surface area (Å²) in [6, 6.07) is 17.4. The van der Waals surface area contributed by atoms with Gasteiger partial charge in [0.05, 0.1) is 5.69 Å². The lowest BCUT2D eigenvalue weighted by atomic mass is 9.98. The van der Waals surface area contributed by atoms with E-state index >= 15 is 0 Å². The van der Waals surface area contributed by atoms with Crippen molar-refractivity contribution >= 4 is 41.4 Å². The van der Waals surface area contributed by atoms with E-state index in [0.717, 1.165) is 78.3 Å². The van der Waals surface area contributed by atoms with E-state index in [1.54, 1.807) is 12.1 Å². The largest absolute Gasteiger partial charge is 0.368 e. The van der Waals surface area contributed by atoms with Crippen LogP contribution in [0.5, 0.6) is 0 Å². The lowest BCUT2D eigenvalue weighted by molar-refractivity contribution is -0.122. The molecule has 1 saturated carbocycles. The molecule has 3 aromatic rings. The molecule has 0 aromatic heterocycles. The smallest absolute Gasteiger partial charge is 0.272 e. The van der Waals surface area contributed by atoms with Crippen LogP contribution in [0, 0.1) is 12.8 Å². The number of anilines is 1. The molecule has 9 heteroatoms. The summed E-state index contributed by atoms with van der Waals surface area (Å²) in [7, 11) is 0. The third-order valence-corrected chi connectivity index (χ3v) is 8.38. The number of amides is 2. The maximum absolute atomic E-state index is 13.4. The molecule has 3 aliphatic rings. The highest BCUT2D eigenvalue weighted by Crippen LogP contribution is 2.29. The van der Waals surface area contributed by atoms with Gasteiger partial charge in [-0.15, -0.1) is 0 Å². The third-order valence-electron chi connectivity index (χ3n) is 8.03. The Morgan fingerprint density at radius 3 is 2.61 bits per heavy atom. The summed E-state index contributed by atoms with van der Waals surface area (Å²) in [6.45, 7) is 6.67. The fourth-order valence-electron chi connectivity index (χ4n) is 5.37. The first-order chi connectivity index (χ1) is 19.9. The van der Waals surface area contributed by atoms with Gasteiger partial charge in [-0.3, -0.25) is 14.5 Å². The van der Waals surface area contributed by atoms with Crippen molar-refractivity contribution in [2.24, 2.45) is 11.8 Å². The van der Waals surface area contributed by atoms with E-state index in [9.17, 15) is 9.59 Å². The van der Waals surface area contributed by atoms with Gasteiger partial charge in [0.2, 0.25) is 5.91 Å². The second-order valence-electron chi connectivity index (χ2n) is 11.1. The Morgan fingerprint density at radius 1 is 1.05 bits per heavy atom. The molecule has 3 aromatic carbocycles. The van der Waals surface area contributed by atoms with Crippen molar-refractivity contribution in [2.45, 2.75) is 32.5 Å². The minimum Gasteiger partial charge on any atom is -0.368 e. The van der Waals surface area contributed by atoms with Crippen LogP contribution in [0.2, 0.25) is 5.02 Å². The molecule has 8 nitrogen and oxygen atoms in total. The highest BCUT2D eigenvalue weighted by molar-refractivity contribution is 6.31. The third kappa shape index (κ3) is 6.16. The summed E-state index contributed by atoms with van der Waals surface area (Å²) >= 11 is 6.59. The fraction of sp³-hybridized carbons (Fsp3) is 0.312. The first-order valence-electron chi connectivity index (χ1n) is 14.2. The van der Waals surface area contributed by atoms with Gasteiger partial charge in [-0.2, -0.15) is 0 Å². The molecule has 6 rings (SSSR count). The molecule has 5 N–H and O–H groups in total. The molecule has 1 unspecified atom stereocenters. The zero-order valence-corrected chi connectivity index (χ0v) is 23.9. The van der Waals surface area contributed by atoms with Crippen molar-refractivity contribution in [3.8, 4) is 11.1 Å². The maximum Gasteiger partial charge on any atom is 0.272 e. The predicted molar refractivity (Wildman–Crippen MR) is 163 cm³/mol. The van der Waals surface area contributed by atoms with E-state index in [4.69, 9.17) is 17.4 Å². The van der Waals surface area contributed by atoms with Gasteiger partial charge >= 0.3 is 0 Å². The Kier molecular flexibility index (Phi) is 7.81. The van der Waals surface area contributed by atoms with Gasteiger partial charge in [-0.25, -0.2) is 10.9 Å². The van der Waals surface area contributed by atoms with Crippen molar-refractivity contribution in [1.82, 2.24) is 20.9 Å². The lowest BCUT2D eigenvalue weighted by Gasteiger charge is -2.27. The van der Waals surface area contributed by atoms with Crippen LogP contribution in [0.25, 0.3) is 23.4 Å². The Labute approximate surface area is 244 Å². The number of aryl methyl sites for hydroxylation is 1. The number of hydrogen-bond donors (Lipinski definition) is 4. The van der Waals surface area contributed by atoms with Crippen LogP contribution in [-0.4, -0.2) is 49.1 Å². The van der Waals surface area contributed by atoms with Gasteiger partial charge in [0.25, 0.3) is 5.91 Å². The molecule has 0 bridgehead atoms. The Hall–Kier alpha value is -3.69. The van der Waals surface area contributed by atoms with Crippen molar-refractivity contribution in [1.29, 1.82) is 0 Å². The average molecular weight is 571 g/mol. The van der Waals surface area contributed by atoms with E-state index in [1.165, 1.54) is 5.01 Å². The summed E-state index contributed by atoms with van der Waals surface area (Å²) in [5, 5.41) is 13.5. The topological polar surface area (TPSA) is 103 Å². The molecule has 41 heavy (non-hydrogen) atoms. The number of fused-ring (bicyclic) bond motifs is 1. The number of halogens is 1. The van der Waals surface area contributed by atoms with E-state index in [1.807, 2.05) is 43.5 Å². The molecule has 0 spiro atoms. The number of piperazine rings is 1. The normalized spacial score (nSPS) is 18.4. The summed E-state index contributed by atoms with van der Waals surface area (Å²) in [5.41, 5.74) is 5.09. The van der Waals surface area contributed by atoms with Crippen LogP contribution in [0.15, 0.2) is 54.6 Å². The summed E-state index contributed by atoms with van der Waals surface area (Å²) in [4.78, 5) is 27.9. The minimum atomic E-state index is -0.327. The standard InChI is InChI=1S/C32H35ClN6O2/c1-20-2-9-27(39(34)32(41)24-7-8-25(29(33)15-24)19-38-12-10-35-11-13-38)17-28(20)23-6-5-22-16-30(36-18-26(22)14-23)37-31(40)21-3-4-21/h2,5-9,14-18,21,30,35-36H,3-4,10-13,19,34H2,1H3,(H,37,40). The summed E-state index contributed by atoms with van der Waals surface area (Å²) < 4.78 is 0. The Bertz CT molecular complexity index is 1610. The second-order valence-corrected chi connectivity index (χ2v) is 11.5. The number of benzene rings is 3. The van der Waals surface area contributed by atoms with Crippen LogP contribution in [0.1, 0.15) is 34.3 Å². The predicted octanol–water partition coefficient (Wildman–Crippen LogP) is 2.22. The van der Waals surface area contributed by atoms with Crippen molar-refractivity contribution in [2.75, 3.05) is 31.2 Å². The maximum atomic E-state index is 13.4. The Morgan fingerprint density at radius 2 is 1.85 bits per heavy atom. The molecular weight excluding hydrogens is 536 g/mol. The second kappa shape index (κ2) is 11.7. The van der Waals surface area contributed by atoms with Gasteiger partial charge < -0.3 is 16.0 Å². The van der Waals surface area contributed by atoms with Gasteiger partial charge in [0.15, 0.2) is 0 Å². The van der Waals surface area contributed by atoms with Gasteiger partial charge in [0.1, 0.15) is 6.17 Å². The van der Waals surface area contributed by atoms with Crippen molar-refractivity contribution in [3.05, 3.63) is 86.7 Å². The number of carbonyl (C=O) groups is 2. The van der Waals surface area contributed by atoms with Crippen molar-refractivity contribution < 1.29 is 9.59 Å². The molecule has 1 saturated heterocycles. The van der Waals surface area contributed by atoms with E-state index in [0.29, 0.717) is 16.3 Å². The molecule has 1 atom stereocenters. The number of rotatable bonds is 7. The number of nitrogens with zero attached hydrogens (tertiary/aromatic N) is 2. The highest BCUT2D eigenvalue weighted by Gasteiger charge is 2.30. The fourth-order valence-corrected chi connectivity index (χ4v) is 5.61. The molecule has 2 heterocycles. The molecule has 2 fully saturated rings. The first kappa shape index (κ1) is 27.5. The lowest BCUT2D eigenvalue weighted by Crippen LogP contribution is -2.48. The SMILES string of the molecule is Cc1ccc(N(N)C(=O)c2ccc(CN3CCNCC3)c(Cl)c2)cc1-c1ccc2c(c1)=CNC(NC(=O)C1CC1)C=2. The van der Waals surface area contributed by atoms with Gasteiger partial charge in [-0.05, 0) is 88.9 Å². The Balaban J connectivity index is 1.19. The zero-order chi connectivity index (χ0) is 28.5. The van der Waals surface area contributed by atoms with Crippen LogP contribution in [0.3, 0.4) is 0 Å². The molecule has 2 aliphatic heterocycles. The molecule has 2 amide bonds. The molecule has 212 valence electrons. The molecule has 1 aliphatic carbocycles. The monoisotopic (exact) mass is 570 g/mol. The van der Waals surface area contributed by atoms with E-state index in [-0.39, 0.29) is 23.9 Å². The number of hydrazine groups is 1. The number of nitrogens with one attached hydrogen (secondary N) is 3. The zero-order valence-electron chi connectivity index (χ0n) is 23.1. The van der Waals surface area contributed by atoms with Gasteiger partial charge in [-0.1, -0.05) is 35.9 Å². The molecular formula is C32H35ClN6O2. The van der Waals surface area contributed by atoms with Crippen LogP contribution < -0.4 is 37.2 Å². The quantitative estimate of drug-likeness (QED) is 0.197. The van der Waals surface area contributed by atoms with Gasteiger partial charge in [0, 0.05) is 55.4 Å². The first-order valence-corrected chi connectivity index (χ1v) is 14.5. The van der Waals surface area contributed by atoms with E-state index < -0.39 is 0 Å². The highest BCUT2D eigenvalue weighted by atomic mass is 35.5. The van der Waals surface area contributed by atoms with Crippen LogP contribution in [-0.2, 0) is 11.3 Å². The number of carbonyl (C=O) groups excluding carboxylic acids is 2. The summed E-state index contributed by atoms with van der Waals surface area (Å²) in [5.74, 6) is 6.31. The minimum absolute atomic E-state index is 0.106. The van der Waals surface area contributed by atoms with Crippen LogP contribution in [0.4, 0.5) is 5.69 Å². The summed E-state index contributed by atoms with van der Waals surface area (Å²) in [6.07, 6.45) is 5.70. The average Bonchev–Trinajstić information content (AvgIpc) is 3.84. The molecule has 0 radical (unpaired) electrons. The van der Waals surface area contributed by atoms with E-state index in [2.05, 4.69) is 39.0 Å². The number of hydrogen-bond acceptors (Lipinski definition) is 6. The number of nitrogens with two attached hydrogens (primary N) is 1.